The van der Waals surface area contributed by atoms with E-state index in [1.165, 1.54) is 0 Å². The maximum Gasteiger partial charge on any atom is 0.273 e. The summed E-state index contributed by atoms with van der Waals surface area (Å²) in [5, 5.41) is 7.28. The van der Waals surface area contributed by atoms with E-state index in [0.29, 0.717) is 34.9 Å². The number of hydrogen-bond acceptors (Lipinski definition) is 3. The summed E-state index contributed by atoms with van der Waals surface area (Å²) in [6.07, 6.45) is 3.58. The molecule has 0 saturated heterocycles. The molecule has 1 aromatic carbocycles. The number of allylic oxidation sites excluding steroid dienone is 1. The van der Waals surface area contributed by atoms with Crippen molar-refractivity contribution >= 4 is 38.8 Å². The third kappa shape index (κ3) is 3.59. The van der Waals surface area contributed by atoms with E-state index in [1.54, 1.807) is 22.9 Å². The third-order valence-electron chi connectivity index (χ3n) is 4.17. The Morgan fingerprint density at radius 1 is 1.26 bits per heavy atom. The van der Waals surface area contributed by atoms with Crippen LogP contribution in [0.15, 0.2) is 76.5 Å². The molecule has 1 amide bonds. The first-order chi connectivity index (χ1) is 13.1. The number of nitrogens with zero attached hydrogens (tertiary/aromatic N) is 3. The fraction of sp³-hybridized carbons (Fsp3) is 0.100. The zero-order valence-corrected chi connectivity index (χ0v) is 16.0. The molecule has 0 radical (unpaired) electrons. The van der Waals surface area contributed by atoms with Gasteiger partial charge in [-0.25, -0.2) is 0 Å². The van der Waals surface area contributed by atoms with E-state index in [4.69, 9.17) is 4.42 Å². The van der Waals surface area contributed by atoms with Gasteiger partial charge in [0.25, 0.3) is 5.91 Å². The summed E-state index contributed by atoms with van der Waals surface area (Å²) in [7, 11) is 0. The lowest BCUT2D eigenvalue weighted by atomic mass is 10.2. The van der Waals surface area contributed by atoms with E-state index < -0.39 is 0 Å². The smallest absolute Gasteiger partial charge is 0.273 e. The number of nitrogens with one attached hydrogen (secondary N) is 1. The van der Waals surface area contributed by atoms with Gasteiger partial charge in [0.2, 0.25) is 0 Å². The van der Waals surface area contributed by atoms with E-state index >= 15 is 0 Å². The van der Waals surface area contributed by atoms with Crippen molar-refractivity contribution in [1.29, 1.82) is 0 Å². The Bertz CT molecular complexity index is 1110. The van der Waals surface area contributed by atoms with E-state index in [-0.39, 0.29) is 5.91 Å². The number of anilines is 1. The van der Waals surface area contributed by atoms with Crippen molar-refractivity contribution in [2.24, 2.45) is 0 Å². The molecule has 7 heteroatoms. The van der Waals surface area contributed by atoms with Crippen molar-refractivity contribution in [3.05, 3.63) is 83.3 Å². The molecule has 0 aliphatic heterocycles. The average molecular weight is 425 g/mol. The first-order valence-electron chi connectivity index (χ1n) is 8.42. The van der Waals surface area contributed by atoms with Crippen LogP contribution in [0, 0.1) is 0 Å². The SMILES string of the molecule is C=CCn1c(C(=O)Nc2ccn(Cc3ccccc3)n2)cc2oc(Br)cc21. The molecule has 0 atom stereocenters. The Balaban J connectivity index is 1.54. The maximum atomic E-state index is 12.8. The van der Waals surface area contributed by atoms with Crippen molar-refractivity contribution in [3.63, 3.8) is 0 Å². The predicted molar refractivity (Wildman–Crippen MR) is 108 cm³/mol. The number of carbonyl (C=O) groups excluding carboxylic acids is 1. The molecule has 1 N–H and O–H groups in total. The first-order valence-corrected chi connectivity index (χ1v) is 9.21. The molecule has 0 saturated carbocycles. The van der Waals surface area contributed by atoms with Gasteiger partial charge >= 0.3 is 0 Å². The monoisotopic (exact) mass is 424 g/mol. The van der Waals surface area contributed by atoms with Crippen molar-refractivity contribution in [1.82, 2.24) is 14.3 Å². The highest BCUT2D eigenvalue weighted by molar-refractivity contribution is 9.10. The van der Waals surface area contributed by atoms with Crippen LogP contribution in [0.5, 0.6) is 0 Å². The van der Waals surface area contributed by atoms with Crippen molar-refractivity contribution in [2.75, 3.05) is 5.32 Å². The van der Waals surface area contributed by atoms with E-state index in [2.05, 4.69) is 32.9 Å². The van der Waals surface area contributed by atoms with Gasteiger partial charge in [0.15, 0.2) is 16.1 Å². The van der Waals surface area contributed by atoms with Crippen LogP contribution in [-0.2, 0) is 13.1 Å². The predicted octanol–water partition coefficient (Wildman–Crippen LogP) is 4.68. The summed E-state index contributed by atoms with van der Waals surface area (Å²) in [5.74, 6) is 0.254. The van der Waals surface area contributed by atoms with Gasteiger partial charge in [0.05, 0.1) is 12.1 Å². The molecule has 4 aromatic rings. The number of hydrogen-bond donors (Lipinski definition) is 1. The van der Waals surface area contributed by atoms with Crippen LogP contribution in [0.4, 0.5) is 5.82 Å². The minimum Gasteiger partial charge on any atom is -0.448 e. The summed E-state index contributed by atoms with van der Waals surface area (Å²) in [6.45, 7) is 4.91. The number of rotatable bonds is 6. The number of aromatic nitrogens is 3. The Labute approximate surface area is 164 Å². The van der Waals surface area contributed by atoms with Gasteiger partial charge in [0.1, 0.15) is 5.69 Å². The van der Waals surface area contributed by atoms with Crippen molar-refractivity contribution in [3.8, 4) is 0 Å². The lowest BCUT2D eigenvalue weighted by Gasteiger charge is -2.07. The van der Waals surface area contributed by atoms with Crippen LogP contribution in [0.2, 0.25) is 0 Å². The van der Waals surface area contributed by atoms with Crippen LogP contribution >= 0.6 is 15.9 Å². The van der Waals surface area contributed by atoms with Crippen LogP contribution < -0.4 is 5.32 Å². The number of carbonyl (C=O) groups is 1. The molecule has 0 fully saturated rings. The van der Waals surface area contributed by atoms with Gasteiger partial charge < -0.3 is 14.3 Å². The standard InChI is InChI=1S/C20H17BrN4O2/c1-2-9-25-15-12-18(21)27-17(15)11-16(25)20(26)22-19-8-10-24(23-19)13-14-6-4-3-5-7-14/h2-8,10-12H,1,9,13H2,(H,22,23,26). The summed E-state index contributed by atoms with van der Waals surface area (Å²) in [6, 6.07) is 15.4. The van der Waals surface area contributed by atoms with E-state index in [9.17, 15) is 4.79 Å². The summed E-state index contributed by atoms with van der Waals surface area (Å²) >= 11 is 3.32. The van der Waals surface area contributed by atoms with Crippen LogP contribution in [0.3, 0.4) is 0 Å². The van der Waals surface area contributed by atoms with Gasteiger partial charge in [-0.1, -0.05) is 36.4 Å². The Hall–Kier alpha value is -3.06. The number of amides is 1. The first kappa shape index (κ1) is 17.4. The largest absolute Gasteiger partial charge is 0.448 e. The summed E-state index contributed by atoms with van der Waals surface area (Å²) < 4.78 is 9.83. The minimum absolute atomic E-state index is 0.246. The van der Waals surface area contributed by atoms with Gasteiger partial charge in [-0.15, -0.1) is 6.58 Å². The number of fused-ring (bicyclic) bond motifs is 1. The van der Waals surface area contributed by atoms with Crippen LogP contribution in [0.25, 0.3) is 11.1 Å². The molecule has 6 nitrogen and oxygen atoms in total. The van der Waals surface area contributed by atoms with E-state index in [1.807, 2.05) is 47.2 Å². The molecule has 136 valence electrons. The van der Waals surface area contributed by atoms with Gasteiger partial charge in [0, 0.05) is 30.9 Å². The van der Waals surface area contributed by atoms with Gasteiger partial charge in [-0.05, 0) is 21.5 Å². The highest BCUT2D eigenvalue weighted by Crippen LogP contribution is 2.27. The second-order valence-corrected chi connectivity index (χ2v) is 6.85. The second-order valence-electron chi connectivity index (χ2n) is 6.07. The van der Waals surface area contributed by atoms with E-state index in [0.717, 1.165) is 11.1 Å². The quantitative estimate of drug-likeness (QED) is 0.457. The fourth-order valence-electron chi connectivity index (χ4n) is 2.99. The summed E-state index contributed by atoms with van der Waals surface area (Å²) in [4.78, 5) is 12.8. The molecule has 3 aromatic heterocycles. The minimum atomic E-state index is -0.246. The molecular formula is C20H17BrN4O2. The Morgan fingerprint density at radius 2 is 2.07 bits per heavy atom. The molecule has 0 bridgehead atoms. The Kier molecular flexibility index (Phi) is 4.68. The molecule has 4 rings (SSSR count). The Morgan fingerprint density at radius 3 is 2.85 bits per heavy atom. The van der Waals surface area contributed by atoms with Gasteiger partial charge in [-0.2, -0.15) is 5.10 Å². The number of furan rings is 1. The highest BCUT2D eigenvalue weighted by atomic mass is 79.9. The van der Waals surface area contributed by atoms with Crippen molar-refractivity contribution in [2.45, 2.75) is 13.1 Å². The molecular weight excluding hydrogens is 408 g/mol. The highest BCUT2D eigenvalue weighted by Gasteiger charge is 2.18. The number of benzene rings is 1. The molecule has 0 aliphatic carbocycles. The zero-order chi connectivity index (χ0) is 18.8. The lowest BCUT2D eigenvalue weighted by Crippen LogP contribution is -2.17. The third-order valence-corrected chi connectivity index (χ3v) is 4.56. The van der Waals surface area contributed by atoms with Crippen LogP contribution in [-0.4, -0.2) is 20.3 Å². The van der Waals surface area contributed by atoms with Gasteiger partial charge in [-0.3, -0.25) is 9.48 Å². The maximum absolute atomic E-state index is 12.8. The lowest BCUT2D eigenvalue weighted by molar-refractivity contribution is 0.101. The zero-order valence-electron chi connectivity index (χ0n) is 14.4. The topological polar surface area (TPSA) is 65.0 Å². The summed E-state index contributed by atoms with van der Waals surface area (Å²) in [5.41, 5.74) is 3.11. The normalized spacial score (nSPS) is 11.0. The molecule has 0 spiro atoms. The van der Waals surface area contributed by atoms with Crippen LogP contribution in [0.1, 0.15) is 16.1 Å². The number of halogens is 1. The molecule has 0 aliphatic rings. The molecule has 3 heterocycles. The molecule has 0 unspecified atom stereocenters. The average Bonchev–Trinajstić information content (AvgIpc) is 3.32. The molecule has 27 heavy (non-hydrogen) atoms. The second kappa shape index (κ2) is 7.28. The van der Waals surface area contributed by atoms with Crippen molar-refractivity contribution < 1.29 is 9.21 Å². The fourth-order valence-corrected chi connectivity index (χ4v) is 3.38.